The SMILES string of the molecule is C=CCc1ccccc1OCc1ccc(C(=O)NCCc2nnc3ccccn23)o1. The van der Waals surface area contributed by atoms with Gasteiger partial charge in [-0.15, -0.1) is 16.8 Å². The van der Waals surface area contributed by atoms with E-state index in [4.69, 9.17) is 9.15 Å². The lowest BCUT2D eigenvalue weighted by molar-refractivity contribution is 0.0922. The monoisotopic (exact) mass is 402 g/mol. The van der Waals surface area contributed by atoms with Crippen LogP contribution in [0.2, 0.25) is 0 Å². The molecule has 1 aromatic carbocycles. The van der Waals surface area contributed by atoms with Crippen molar-refractivity contribution in [1.82, 2.24) is 19.9 Å². The second kappa shape index (κ2) is 9.09. The number of amides is 1. The summed E-state index contributed by atoms with van der Waals surface area (Å²) < 4.78 is 13.4. The number of pyridine rings is 1. The lowest BCUT2D eigenvalue weighted by atomic mass is 10.1. The van der Waals surface area contributed by atoms with Crippen molar-refractivity contribution in [3.05, 3.63) is 96.4 Å². The fraction of sp³-hybridized carbons (Fsp3) is 0.174. The van der Waals surface area contributed by atoms with Gasteiger partial charge in [-0.2, -0.15) is 0 Å². The first kappa shape index (κ1) is 19.4. The number of furan rings is 1. The minimum Gasteiger partial charge on any atom is -0.485 e. The Labute approximate surface area is 174 Å². The summed E-state index contributed by atoms with van der Waals surface area (Å²) in [5.74, 6) is 2.12. The number of ether oxygens (including phenoxy) is 1. The van der Waals surface area contributed by atoms with Crippen molar-refractivity contribution in [1.29, 1.82) is 0 Å². The molecule has 152 valence electrons. The topological polar surface area (TPSA) is 81.7 Å². The Balaban J connectivity index is 1.30. The third kappa shape index (κ3) is 4.41. The molecule has 0 unspecified atom stereocenters. The van der Waals surface area contributed by atoms with E-state index < -0.39 is 0 Å². The van der Waals surface area contributed by atoms with Crippen molar-refractivity contribution in [3.63, 3.8) is 0 Å². The summed E-state index contributed by atoms with van der Waals surface area (Å²) in [5, 5.41) is 11.1. The molecular formula is C23H22N4O3. The largest absolute Gasteiger partial charge is 0.485 e. The van der Waals surface area contributed by atoms with Gasteiger partial charge in [0.1, 0.15) is 23.9 Å². The van der Waals surface area contributed by atoms with E-state index in [1.165, 1.54) is 0 Å². The maximum Gasteiger partial charge on any atom is 0.287 e. The van der Waals surface area contributed by atoms with Gasteiger partial charge in [0.25, 0.3) is 5.91 Å². The Bertz CT molecular complexity index is 1160. The number of nitrogens with zero attached hydrogens (tertiary/aromatic N) is 3. The van der Waals surface area contributed by atoms with E-state index in [1.807, 2.05) is 59.1 Å². The molecule has 0 bridgehead atoms. The summed E-state index contributed by atoms with van der Waals surface area (Å²) in [7, 11) is 0. The Morgan fingerprint density at radius 1 is 1.13 bits per heavy atom. The number of benzene rings is 1. The van der Waals surface area contributed by atoms with E-state index in [1.54, 1.807) is 12.1 Å². The highest BCUT2D eigenvalue weighted by Crippen LogP contribution is 2.20. The normalized spacial score (nSPS) is 10.8. The molecule has 3 aromatic heterocycles. The standard InChI is InChI=1S/C23H22N4O3/c1-2-7-17-8-3-4-9-19(17)29-16-18-11-12-20(30-18)23(28)24-14-13-22-26-25-21-10-5-6-15-27(21)22/h2-6,8-12,15H,1,7,13-14,16H2,(H,24,28). The number of allylic oxidation sites excluding steroid dienone is 1. The molecule has 0 radical (unpaired) electrons. The van der Waals surface area contributed by atoms with Crippen LogP contribution in [-0.4, -0.2) is 27.0 Å². The van der Waals surface area contributed by atoms with E-state index in [-0.39, 0.29) is 18.3 Å². The van der Waals surface area contributed by atoms with Gasteiger partial charge in [0.2, 0.25) is 0 Å². The predicted molar refractivity (Wildman–Crippen MR) is 112 cm³/mol. The highest BCUT2D eigenvalue weighted by molar-refractivity contribution is 5.91. The minimum absolute atomic E-state index is 0.243. The lowest BCUT2D eigenvalue weighted by Gasteiger charge is -2.09. The van der Waals surface area contributed by atoms with Gasteiger partial charge in [-0.05, 0) is 42.3 Å². The lowest BCUT2D eigenvalue weighted by Crippen LogP contribution is -2.25. The van der Waals surface area contributed by atoms with E-state index in [0.29, 0.717) is 18.7 Å². The van der Waals surface area contributed by atoms with Crippen LogP contribution in [-0.2, 0) is 19.4 Å². The van der Waals surface area contributed by atoms with Crippen molar-refractivity contribution in [2.45, 2.75) is 19.4 Å². The number of nitrogens with one attached hydrogen (secondary N) is 1. The van der Waals surface area contributed by atoms with Gasteiger partial charge in [0, 0.05) is 19.2 Å². The van der Waals surface area contributed by atoms with E-state index in [9.17, 15) is 4.79 Å². The Hall–Kier alpha value is -3.87. The molecule has 0 saturated carbocycles. The molecule has 4 aromatic rings. The molecule has 0 fully saturated rings. The number of carbonyl (C=O) groups excluding carboxylic acids is 1. The van der Waals surface area contributed by atoms with Crippen LogP contribution in [0.25, 0.3) is 5.65 Å². The average molecular weight is 402 g/mol. The van der Waals surface area contributed by atoms with Crippen LogP contribution in [0.3, 0.4) is 0 Å². The molecule has 0 atom stereocenters. The van der Waals surface area contributed by atoms with Crippen molar-refractivity contribution in [2.24, 2.45) is 0 Å². The number of hydrogen-bond donors (Lipinski definition) is 1. The molecule has 0 aliphatic carbocycles. The van der Waals surface area contributed by atoms with Crippen LogP contribution in [0, 0.1) is 0 Å². The number of aromatic nitrogens is 3. The summed E-state index contributed by atoms with van der Waals surface area (Å²) in [4.78, 5) is 12.4. The third-order valence-electron chi connectivity index (χ3n) is 4.61. The number of hydrogen-bond acceptors (Lipinski definition) is 5. The van der Waals surface area contributed by atoms with Gasteiger partial charge < -0.3 is 14.5 Å². The third-order valence-corrected chi connectivity index (χ3v) is 4.61. The molecule has 4 rings (SSSR count). The maximum atomic E-state index is 12.4. The summed E-state index contributed by atoms with van der Waals surface area (Å²) in [5.41, 5.74) is 1.84. The highest BCUT2D eigenvalue weighted by Gasteiger charge is 2.12. The first-order valence-electron chi connectivity index (χ1n) is 9.72. The van der Waals surface area contributed by atoms with Gasteiger partial charge in [-0.3, -0.25) is 9.20 Å². The minimum atomic E-state index is -0.276. The van der Waals surface area contributed by atoms with Gasteiger partial charge in [0.15, 0.2) is 11.4 Å². The van der Waals surface area contributed by atoms with E-state index in [0.717, 1.165) is 29.2 Å². The highest BCUT2D eigenvalue weighted by atomic mass is 16.5. The quantitative estimate of drug-likeness (QED) is 0.433. The van der Waals surface area contributed by atoms with Gasteiger partial charge in [-0.1, -0.05) is 30.3 Å². The molecule has 0 saturated heterocycles. The number of para-hydroxylation sites is 1. The van der Waals surface area contributed by atoms with Crippen molar-refractivity contribution < 1.29 is 13.9 Å². The van der Waals surface area contributed by atoms with Crippen LogP contribution in [0.4, 0.5) is 0 Å². The second-order valence-corrected chi connectivity index (χ2v) is 6.71. The van der Waals surface area contributed by atoms with E-state index in [2.05, 4.69) is 22.1 Å². The van der Waals surface area contributed by atoms with Crippen LogP contribution < -0.4 is 10.1 Å². The molecule has 0 spiro atoms. The van der Waals surface area contributed by atoms with Crippen molar-refractivity contribution in [2.75, 3.05) is 6.54 Å². The molecule has 0 aliphatic rings. The molecule has 3 heterocycles. The molecule has 7 heteroatoms. The summed E-state index contributed by atoms with van der Waals surface area (Å²) in [6, 6.07) is 16.9. The molecule has 1 amide bonds. The molecule has 7 nitrogen and oxygen atoms in total. The molecule has 1 N–H and O–H groups in total. The number of fused-ring (bicyclic) bond motifs is 1. The fourth-order valence-corrected chi connectivity index (χ4v) is 3.13. The zero-order chi connectivity index (χ0) is 20.8. The van der Waals surface area contributed by atoms with Gasteiger partial charge in [0.05, 0.1) is 0 Å². The second-order valence-electron chi connectivity index (χ2n) is 6.71. The number of carbonyl (C=O) groups is 1. The molecular weight excluding hydrogens is 380 g/mol. The first-order chi connectivity index (χ1) is 14.7. The zero-order valence-corrected chi connectivity index (χ0v) is 16.5. The number of rotatable bonds is 9. The maximum absolute atomic E-state index is 12.4. The molecule has 0 aliphatic heterocycles. The summed E-state index contributed by atoms with van der Waals surface area (Å²) in [6.07, 6.45) is 5.02. The smallest absolute Gasteiger partial charge is 0.287 e. The predicted octanol–water partition coefficient (Wildman–Crippen LogP) is 3.60. The van der Waals surface area contributed by atoms with Crippen molar-refractivity contribution >= 4 is 11.6 Å². The van der Waals surface area contributed by atoms with Crippen LogP contribution in [0.1, 0.15) is 27.7 Å². The van der Waals surface area contributed by atoms with Crippen LogP contribution in [0.5, 0.6) is 5.75 Å². The van der Waals surface area contributed by atoms with Crippen LogP contribution in [0.15, 0.2) is 77.9 Å². The van der Waals surface area contributed by atoms with Gasteiger partial charge >= 0.3 is 0 Å². The summed E-state index contributed by atoms with van der Waals surface area (Å²) >= 11 is 0. The van der Waals surface area contributed by atoms with Crippen molar-refractivity contribution in [3.8, 4) is 5.75 Å². The Morgan fingerprint density at radius 2 is 2.00 bits per heavy atom. The average Bonchev–Trinajstić information content (AvgIpc) is 3.41. The first-order valence-corrected chi connectivity index (χ1v) is 9.72. The Kier molecular flexibility index (Phi) is 5.89. The Morgan fingerprint density at radius 3 is 2.90 bits per heavy atom. The summed E-state index contributed by atoms with van der Waals surface area (Å²) in [6.45, 7) is 4.44. The van der Waals surface area contributed by atoms with Crippen LogP contribution >= 0.6 is 0 Å². The zero-order valence-electron chi connectivity index (χ0n) is 16.5. The van der Waals surface area contributed by atoms with Gasteiger partial charge in [-0.25, -0.2) is 0 Å². The fourth-order valence-electron chi connectivity index (χ4n) is 3.13. The molecule has 30 heavy (non-hydrogen) atoms. The van der Waals surface area contributed by atoms with E-state index >= 15 is 0 Å².